The summed E-state index contributed by atoms with van der Waals surface area (Å²) < 4.78 is 19.7. The second-order valence-electron chi connectivity index (χ2n) is 7.20. The first kappa shape index (κ1) is 20.8. The van der Waals surface area contributed by atoms with Crippen LogP contribution in [0.3, 0.4) is 0 Å². The molecular formula is C22H26FN7O. The van der Waals surface area contributed by atoms with Crippen LogP contribution in [0.5, 0.6) is 5.75 Å². The van der Waals surface area contributed by atoms with E-state index in [0.29, 0.717) is 30.6 Å². The molecule has 0 amide bonds. The number of hydrogen-bond donors (Lipinski definition) is 2. The number of anilines is 4. The molecule has 3 aromatic rings. The molecule has 9 heteroatoms. The Balaban J connectivity index is 1.41. The molecule has 3 N–H and O–H groups in total. The Labute approximate surface area is 180 Å². The van der Waals surface area contributed by atoms with Gasteiger partial charge >= 0.3 is 0 Å². The fourth-order valence-electron chi connectivity index (χ4n) is 3.59. The second kappa shape index (κ2) is 9.57. The van der Waals surface area contributed by atoms with Gasteiger partial charge in [-0.05, 0) is 31.2 Å². The SMILES string of the molecule is CCOc1ccccc1Nc1nc(N)nc(CN2CCN(c3ccccc3F)CC2)n1. The van der Waals surface area contributed by atoms with Crippen molar-refractivity contribution in [1.29, 1.82) is 0 Å². The second-order valence-corrected chi connectivity index (χ2v) is 7.20. The van der Waals surface area contributed by atoms with Gasteiger partial charge in [-0.25, -0.2) is 4.39 Å². The van der Waals surface area contributed by atoms with Crippen molar-refractivity contribution in [1.82, 2.24) is 19.9 Å². The normalized spacial score (nSPS) is 14.5. The number of rotatable bonds is 7. The van der Waals surface area contributed by atoms with Crippen molar-refractivity contribution in [2.45, 2.75) is 13.5 Å². The van der Waals surface area contributed by atoms with Crippen molar-refractivity contribution in [3.8, 4) is 5.75 Å². The van der Waals surface area contributed by atoms with Crippen LogP contribution in [0.25, 0.3) is 0 Å². The number of benzene rings is 2. The third-order valence-electron chi connectivity index (χ3n) is 5.06. The molecular weight excluding hydrogens is 397 g/mol. The summed E-state index contributed by atoms with van der Waals surface area (Å²) in [5, 5.41) is 3.17. The molecule has 2 heterocycles. The van der Waals surface area contributed by atoms with Gasteiger partial charge in [0.2, 0.25) is 11.9 Å². The van der Waals surface area contributed by atoms with Crippen molar-refractivity contribution in [3.63, 3.8) is 0 Å². The fraction of sp³-hybridized carbons (Fsp3) is 0.318. The number of para-hydroxylation sites is 3. The van der Waals surface area contributed by atoms with E-state index in [0.717, 1.165) is 37.6 Å². The minimum atomic E-state index is -0.191. The fourth-order valence-corrected chi connectivity index (χ4v) is 3.59. The molecule has 2 aromatic carbocycles. The predicted molar refractivity (Wildman–Crippen MR) is 119 cm³/mol. The summed E-state index contributed by atoms with van der Waals surface area (Å²) in [6.45, 7) is 6.04. The van der Waals surface area contributed by atoms with Crippen molar-refractivity contribution in [3.05, 3.63) is 60.2 Å². The average molecular weight is 423 g/mol. The summed E-state index contributed by atoms with van der Waals surface area (Å²) in [5.41, 5.74) is 7.34. The zero-order valence-corrected chi connectivity index (χ0v) is 17.5. The predicted octanol–water partition coefficient (Wildman–Crippen LogP) is 3.06. The van der Waals surface area contributed by atoms with E-state index < -0.39 is 0 Å². The molecule has 1 fully saturated rings. The van der Waals surface area contributed by atoms with E-state index in [2.05, 4.69) is 30.1 Å². The molecule has 0 atom stereocenters. The van der Waals surface area contributed by atoms with Crippen LogP contribution < -0.4 is 20.7 Å². The highest BCUT2D eigenvalue weighted by atomic mass is 19.1. The van der Waals surface area contributed by atoms with Gasteiger partial charge in [0.15, 0.2) is 0 Å². The summed E-state index contributed by atoms with van der Waals surface area (Å²) in [4.78, 5) is 17.3. The summed E-state index contributed by atoms with van der Waals surface area (Å²) in [6, 6.07) is 14.5. The van der Waals surface area contributed by atoms with Gasteiger partial charge in [0, 0.05) is 26.2 Å². The first-order chi connectivity index (χ1) is 15.1. The van der Waals surface area contributed by atoms with Crippen LogP contribution in [0.2, 0.25) is 0 Å². The molecule has 1 saturated heterocycles. The first-order valence-electron chi connectivity index (χ1n) is 10.3. The molecule has 1 aliphatic rings. The molecule has 31 heavy (non-hydrogen) atoms. The Morgan fingerprint density at radius 1 is 1.00 bits per heavy atom. The first-order valence-corrected chi connectivity index (χ1v) is 10.3. The number of halogens is 1. The zero-order valence-electron chi connectivity index (χ0n) is 17.5. The van der Waals surface area contributed by atoms with E-state index >= 15 is 0 Å². The Morgan fingerprint density at radius 3 is 2.52 bits per heavy atom. The average Bonchev–Trinajstić information content (AvgIpc) is 2.76. The van der Waals surface area contributed by atoms with Crippen LogP contribution in [-0.4, -0.2) is 52.6 Å². The maximum Gasteiger partial charge on any atom is 0.232 e. The third-order valence-corrected chi connectivity index (χ3v) is 5.06. The molecule has 0 unspecified atom stereocenters. The van der Waals surface area contributed by atoms with Crippen molar-refractivity contribution in [2.75, 3.05) is 48.7 Å². The van der Waals surface area contributed by atoms with Gasteiger partial charge in [0.25, 0.3) is 0 Å². The third kappa shape index (κ3) is 5.18. The highest BCUT2D eigenvalue weighted by molar-refractivity contribution is 5.62. The topological polar surface area (TPSA) is 92.4 Å². The van der Waals surface area contributed by atoms with Gasteiger partial charge in [0.1, 0.15) is 17.4 Å². The van der Waals surface area contributed by atoms with Crippen molar-refractivity contribution < 1.29 is 9.13 Å². The number of nitrogens with one attached hydrogen (secondary N) is 1. The zero-order chi connectivity index (χ0) is 21.6. The lowest BCUT2D eigenvalue weighted by atomic mass is 10.2. The van der Waals surface area contributed by atoms with Crippen LogP contribution in [0.1, 0.15) is 12.7 Å². The number of piperazine rings is 1. The van der Waals surface area contributed by atoms with Crippen LogP contribution in [0, 0.1) is 5.82 Å². The Bertz CT molecular complexity index is 1020. The minimum Gasteiger partial charge on any atom is -0.492 e. The molecule has 0 spiro atoms. The molecule has 1 aromatic heterocycles. The summed E-state index contributed by atoms with van der Waals surface area (Å²) in [6.07, 6.45) is 0. The van der Waals surface area contributed by atoms with E-state index in [1.165, 1.54) is 6.07 Å². The van der Waals surface area contributed by atoms with Gasteiger partial charge in [0.05, 0.1) is 24.5 Å². The number of aromatic nitrogens is 3. The molecule has 162 valence electrons. The number of nitrogens with two attached hydrogens (primary N) is 1. The van der Waals surface area contributed by atoms with Gasteiger partial charge in [-0.15, -0.1) is 0 Å². The van der Waals surface area contributed by atoms with E-state index in [1.807, 2.05) is 43.3 Å². The summed E-state index contributed by atoms with van der Waals surface area (Å²) in [5.74, 6) is 1.65. The number of nitrogens with zero attached hydrogens (tertiary/aromatic N) is 5. The van der Waals surface area contributed by atoms with Gasteiger partial charge in [-0.3, -0.25) is 4.90 Å². The van der Waals surface area contributed by atoms with E-state index in [1.54, 1.807) is 6.07 Å². The molecule has 4 rings (SSSR count). The highest BCUT2D eigenvalue weighted by Crippen LogP contribution is 2.26. The minimum absolute atomic E-state index is 0.159. The molecule has 0 bridgehead atoms. The van der Waals surface area contributed by atoms with Crippen molar-refractivity contribution in [2.24, 2.45) is 0 Å². The smallest absolute Gasteiger partial charge is 0.232 e. The lowest BCUT2D eigenvalue weighted by Gasteiger charge is -2.35. The lowest BCUT2D eigenvalue weighted by molar-refractivity contribution is 0.243. The summed E-state index contributed by atoms with van der Waals surface area (Å²) in [7, 11) is 0. The van der Waals surface area contributed by atoms with Crippen LogP contribution in [0.4, 0.5) is 27.7 Å². The summed E-state index contributed by atoms with van der Waals surface area (Å²) >= 11 is 0. The monoisotopic (exact) mass is 423 g/mol. The highest BCUT2D eigenvalue weighted by Gasteiger charge is 2.20. The van der Waals surface area contributed by atoms with E-state index in [4.69, 9.17) is 10.5 Å². The van der Waals surface area contributed by atoms with Gasteiger partial charge in [-0.2, -0.15) is 15.0 Å². The van der Waals surface area contributed by atoms with Gasteiger partial charge < -0.3 is 20.7 Å². The van der Waals surface area contributed by atoms with E-state index in [9.17, 15) is 4.39 Å². The number of nitrogen functional groups attached to an aromatic ring is 1. The number of hydrogen-bond acceptors (Lipinski definition) is 8. The molecule has 8 nitrogen and oxygen atoms in total. The maximum atomic E-state index is 14.1. The van der Waals surface area contributed by atoms with E-state index in [-0.39, 0.29) is 11.8 Å². The quantitative estimate of drug-likeness (QED) is 0.599. The standard InChI is InChI=1S/C22H26FN7O/c1-2-31-19-10-6-4-8-17(19)25-22-27-20(26-21(24)28-22)15-29-11-13-30(14-12-29)18-9-5-3-7-16(18)23/h3-10H,2,11-15H2,1H3,(H3,24,25,26,27,28). The molecule has 1 aliphatic heterocycles. The maximum absolute atomic E-state index is 14.1. The molecule has 0 radical (unpaired) electrons. The largest absolute Gasteiger partial charge is 0.492 e. The van der Waals surface area contributed by atoms with Crippen molar-refractivity contribution >= 4 is 23.3 Å². The Kier molecular flexibility index (Phi) is 6.42. The Morgan fingerprint density at radius 2 is 1.74 bits per heavy atom. The lowest BCUT2D eigenvalue weighted by Crippen LogP contribution is -2.46. The Hall–Kier alpha value is -3.46. The van der Waals surface area contributed by atoms with Crippen LogP contribution in [-0.2, 0) is 6.54 Å². The molecule has 0 saturated carbocycles. The number of ether oxygens (including phenoxy) is 1. The van der Waals surface area contributed by atoms with Crippen LogP contribution in [0.15, 0.2) is 48.5 Å². The van der Waals surface area contributed by atoms with Gasteiger partial charge in [-0.1, -0.05) is 24.3 Å². The van der Waals surface area contributed by atoms with Crippen LogP contribution >= 0.6 is 0 Å². The molecule has 0 aliphatic carbocycles.